The van der Waals surface area contributed by atoms with Crippen molar-refractivity contribution in [2.24, 2.45) is 5.41 Å². The SMILES string of the molecule is CCCCCCCCC(O)C(C)(C)C(O)CCCCCCCC.OP(O)OP(O)O. The van der Waals surface area contributed by atoms with Crippen LogP contribution in [-0.2, 0) is 4.31 Å². The van der Waals surface area contributed by atoms with E-state index in [1.165, 1.54) is 64.2 Å². The third-order valence-corrected chi connectivity index (χ3v) is 6.69. The first kappa shape index (κ1) is 32.8. The van der Waals surface area contributed by atoms with E-state index in [2.05, 4.69) is 18.2 Å². The van der Waals surface area contributed by atoms with Gasteiger partial charge in [0, 0.05) is 5.41 Å². The predicted molar refractivity (Wildman–Crippen MR) is 126 cm³/mol. The van der Waals surface area contributed by atoms with Crippen LogP contribution in [0.1, 0.15) is 118 Å². The molecule has 0 aliphatic carbocycles. The van der Waals surface area contributed by atoms with Crippen molar-refractivity contribution in [3.8, 4) is 0 Å². The minimum absolute atomic E-state index is 0.382. The molecule has 0 radical (unpaired) electrons. The highest BCUT2D eigenvalue weighted by atomic mass is 31.2. The minimum Gasteiger partial charge on any atom is -0.392 e. The van der Waals surface area contributed by atoms with Crippen LogP contribution in [0.5, 0.6) is 0 Å². The second-order valence-corrected chi connectivity index (χ2v) is 10.2. The summed E-state index contributed by atoms with van der Waals surface area (Å²) < 4.78 is 3.60. The van der Waals surface area contributed by atoms with Crippen molar-refractivity contribution in [1.82, 2.24) is 0 Å². The molecule has 9 heteroatoms. The summed E-state index contributed by atoms with van der Waals surface area (Å²) in [6.45, 7) is 8.52. The Morgan fingerprint density at radius 1 is 0.600 bits per heavy atom. The first-order chi connectivity index (χ1) is 14.1. The monoisotopic (exact) mass is 474 g/mol. The second-order valence-electron chi connectivity index (χ2n) is 8.55. The fourth-order valence-corrected chi connectivity index (χ4v) is 3.79. The Hall–Kier alpha value is 0.580. The van der Waals surface area contributed by atoms with Crippen LogP contribution in [0.4, 0.5) is 0 Å². The van der Waals surface area contributed by atoms with Gasteiger partial charge in [-0.2, -0.15) is 0 Å². The quantitative estimate of drug-likeness (QED) is 0.112. The lowest BCUT2D eigenvalue weighted by Gasteiger charge is -2.35. The average molecular weight is 475 g/mol. The molecule has 0 aromatic carbocycles. The Bertz CT molecular complexity index is 328. The van der Waals surface area contributed by atoms with Crippen molar-refractivity contribution in [2.45, 2.75) is 130 Å². The van der Waals surface area contributed by atoms with Crippen LogP contribution in [-0.4, -0.2) is 42.0 Å². The van der Waals surface area contributed by atoms with Crippen LogP contribution in [0.25, 0.3) is 0 Å². The van der Waals surface area contributed by atoms with Gasteiger partial charge >= 0.3 is 17.2 Å². The summed E-state index contributed by atoms with van der Waals surface area (Å²) in [5, 5.41) is 20.9. The molecule has 0 aliphatic rings. The molecule has 0 bridgehead atoms. The molecule has 0 rings (SSSR count). The molecule has 0 heterocycles. The van der Waals surface area contributed by atoms with Gasteiger partial charge < -0.3 is 29.8 Å². The van der Waals surface area contributed by atoms with E-state index in [1.807, 2.05) is 13.8 Å². The molecule has 6 N–H and O–H groups in total. The molecule has 0 amide bonds. The zero-order valence-electron chi connectivity index (χ0n) is 19.5. The van der Waals surface area contributed by atoms with Crippen molar-refractivity contribution in [3.63, 3.8) is 0 Å². The van der Waals surface area contributed by atoms with Crippen molar-refractivity contribution < 1.29 is 34.1 Å². The minimum atomic E-state index is -2.61. The third kappa shape index (κ3) is 20.5. The zero-order valence-corrected chi connectivity index (χ0v) is 21.3. The normalized spacial score (nSPS) is 14.0. The van der Waals surface area contributed by atoms with Gasteiger partial charge in [-0.3, -0.25) is 0 Å². The van der Waals surface area contributed by atoms with E-state index in [0.29, 0.717) is 0 Å². The van der Waals surface area contributed by atoms with Gasteiger partial charge in [-0.15, -0.1) is 0 Å². The van der Waals surface area contributed by atoms with Gasteiger partial charge in [0.15, 0.2) is 0 Å². The fourth-order valence-electron chi connectivity index (χ4n) is 3.27. The molecule has 0 aromatic heterocycles. The summed E-state index contributed by atoms with van der Waals surface area (Å²) in [4.78, 5) is 31.3. The van der Waals surface area contributed by atoms with E-state index >= 15 is 0 Å². The van der Waals surface area contributed by atoms with E-state index in [4.69, 9.17) is 19.6 Å². The van der Waals surface area contributed by atoms with Crippen molar-refractivity contribution in [3.05, 3.63) is 0 Å². The molecule has 184 valence electrons. The molecule has 7 nitrogen and oxygen atoms in total. The number of aliphatic hydroxyl groups excluding tert-OH is 2. The lowest BCUT2D eigenvalue weighted by Crippen LogP contribution is -2.40. The lowest BCUT2D eigenvalue weighted by molar-refractivity contribution is -0.0555. The maximum absolute atomic E-state index is 10.5. The maximum atomic E-state index is 10.5. The molecule has 0 spiro atoms. The van der Waals surface area contributed by atoms with Crippen LogP contribution >= 0.6 is 17.2 Å². The smallest absolute Gasteiger partial charge is 0.334 e. The topological polar surface area (TPSA) is 131 Å². The van der Waals surface area contributed by atoms with Crippen molar-refractivity contribution >= 4 is 17.2 Å². The van der Waals surface area contributed by atoms with Gasteiger partial charge in [-0.25, -0.2) is 4.31 Å². The van der Waals surface area contributed by atoms with Gasteiger partial charge in [0.25, 0.3) is 0 Å². The second kappa shape index (κ2) is 21.4. The van der Waals surface area contributed by atoms with E-state index < -0.39 is 17.2 Å². The highest BCUT2D eigenvalue weighted by Gasteiger charge is 2.34. The Morgan fingerprint density at radius 2 is 0.900 bits per heavy atom. The molecule has 0 saturated carbocycles. The maximum Gasteiger partial charge on any atom is 0.334 e. The van der Waals surface area contributed by atoms with E-state index in [-0.39, 0.29) is 17.6 Å². The highest BCUT2D eigenvalue weighted by molar-refractivity contribution is 7.53. The van der Waals surface area contributed by atoms with Gasteiger partial charge in [0.1, 0.15) is 0 Å². The molecule has 30 heavy (non-hydrogen) atoms. The summed E-state index contributed by atoms with van der Waals surface area (Å²) in [5.41, 5.74) is -0.382. The Labute approximate surface area is 186 Å². The summed E-state index contributed by atoms with van der Waals surface area (Å²) >= 11 is 0. The average Bonchev–Trinajstić information content (AvgIpc) is 2.66. The van der Waals surface area contributed by atoms with Crippen molar-refractivity contribution in [2.75, 3.05) is 0 Å². The van der Waals surface area contributed by atoms with Gasteiger partial charge in [-0.05, 0) is 12.8 Å². The van der Waals surface area contributed by atoms with E-state index in [1.54, 1.807) is 0 Å². The summed E-state index contributed by atoms with van der Waals surface area (Å²) in [5.74, 6) is 0. The molecule has 0 aliphatic heterocycles. The first-order valence-corrected chi connectivity index (χ1v) is 13.8. The Balaban J connectivity index is 0. The standard InChI is InChI=1S/C21H44O2.H4O5P2/c1-5-7-9-11-13-15-17-19(22)21(3,4)20(23)18-16-14-12-10-8-6-2;1-6(2)5-7(3)4/h19-20,22-23H,5-18H2,1-4H3;1-4H. The number of rotatable bonds is 18. The summed E-state index contributed by atoms with van der Waals surface area (Å²) in [6, 6.07) is 0. The third-order valence-electron chi connectivity index (χ3n) is 5.53. The van der Waals surface area contributed by atoms with Gasteiger partial charge in [0.2, 0.25) is 0 Å². The highest BCUT2D eigenvalue weighted by Crippen LogP contribution is 2.41. The molecule has 0 aromatic rings. The molecule has 0 fully saturated rings. The molecular formula is C21H48O7P2. The number of aliphatic hydroxyl groups is 2. The molecule has 2 atom stereocenters. The molecule has 0 saturated heterocycles. The largest absolute Gasteiger partial charge is 0.392 e. The zero-order chi connectivity index (χ0) is 23.4. The number of hydrogen-bond donors (Lipinski definition) is 6. The first-order valence-electron chi connectivity index (χ1n) is 11.5. The number of hydrogen-bond acceptors (Lipinski definition) is 7. The summed E-state index contributed by atoms with van der Waals surface area (Å²) in [6.07, 6.45) is 15.9. The lowest BCUT2D eigenvalue weighted by atomic mass is 9.77. The predicted octanol–water partition coefficient (Wildman–Crippen LogP) is 5.66. The van der Waals surface area contributed by atoms with Crippen LogP contribution in [0, 0.1) is 5.41 Å². The molecule has 2 unspecified atom stereocenters. The van der Waals surface area contributed by atoms with E-state index in [0.717, 1.165) is 25.7 Å². The van der Waals surface area contributed by atoms with Gasteiger partial charge in [-0.1, -0.05) is 105 Å². The van der Waals surface area contributed by atoms with Gasteiger partial charge in [0.05, 0.1) is 12.2 Å². The van der Waals surface area contributed by atoms with E-state index in [9.17, 15) is 10.2 Å². The fraction of sp³-hybridized carbons (Fsp3) is 1.00. The molecular weight excluding hydrogens is 426 g/mol. The van der Waals surface area contributed by atoms with Crippen LogP contribution < -0.4 is 0 Å². The summed E-state index contributed by atoms with van der Waals surface area (Å²) in [7, 11) is -5.22. The van der Waals surface area contributed by atoms with Crippen LogP contribution in [0.15, 0.2) is 0 Å². The number of unbranched alkanes of at least 4 members (excludes halogenated alkanes) is 10. The van der Waals surface area contributed by atoms with Crippen molar-refractivity contribution in [1.29, 1.82) is 0 Å². The Morgan fingerprint density at radius 3 is 1.17 bits per heavy atom. The Kier molecular flexibility index (Phi) is 23.4. The van der Waals surface area contributed by atoms with Crippen LogP contribution in [0.2, 0.25) is 0 Å². The van der Waals surface area contributed by atoms with Crippen LogP contribution in [0.3, 0.4) is 0 Å².